The molecule has 0 bridgehead atoms. The highest BCUT2D eigenvalue weighted by atomic mass is 35.5. The van der Waals surface area contributed by atoms with Crippen LogP contribution in [0.25, 0.3) is 5.95 Å². The van der Waals surface area contributed by atoms with E-state index in [-0.39, 0.29) is 35.6 Å². The number of hydrogen-bond acceptors (Lipinski definition) is 7. The second-order valence-electron chi connectivity index (χ2n) is 10.6. The van der Waals surface area contributed by atoms with Gasteiger partial charge in [-0.25, -0.2) is 14.8 Å². The first-order valence-corrected chi connectivity index (χ1v) is 14.6. The largest absolute Gasteiger partial charge is 0.497 e. The van der Waals surface area contributed by atoms with Gasteiger partial charge in [0.1, 0.15) is 23.0 Å². The van der Waals surface area contributed by atoms with Gasteiger partial charge in [0.25, 0.3) is 0 Å². The fourth-order valence-corrected chi connectivity index (χ4v) is 5.70. The predicted octanol–water partition coefficient (Wildman–Crippen LogP) is 3.61. The Bertz CT molecular complexity index is 1320. The van der Waals surface area contributed by atoms with Gasteiger partial charge in [-0.15, -0.1) is 0 Å². The van der Waals surface area contributed by atoms with Gasteiger partial charge in [-0.1, -0.05) is 43.0 Å². The van der Waals surface area contributed by atoms with Crippen LogP contribution in [0.2, 0.25) is 5.15 Å². The van der Waals surface area contributed by atoms with Gasteiger partial charge in [0.15, 0.2) is 0 Å². The lowest BCUT2D eigenvalue weighted by atomic mass is 9.96. The molecule has 1 saturated heterocycles. The first-order valence-electron chi connectivity index (χ1n) is 14.2. The number of anilines is 1. The molecule has 3 aromatic rings. The monoisotopic (exact) mass is 580 g/mol. The fourth-order valence-electron chi connectivity index (χ4n) is 5.52. The van der Waals surface area contributed by atoms with Crippen molar-refractivity contribution in [3.05, 3.63) is 59.8 Å². The first kappa shape index (κ1) is 28.7. The molecule has 1 saturated carbocycles. The summed E-state index contributed by atoms with van der Waals surface area (Å²) in [5, 5.41) is 6.55. The molecule has 218 valence electrons. The molecular formula is C29H37ClN8O3. The van der Waals surface area contributed by atoms with Crippen LogP contribution in [0.1, 0.15) is 44.1 Å². The molecule has 12 heteroatoms. The summed E-state index contributed by atoms with van der Waals surface area (Å²) in [7, 11) is 1.64. The van der Waals surface area contributed by atoms with Crippen molar-refractivity contribution in [1.29, 1.82) is 0 Å². The minimum atomic E-state index is -0.292. The number of ether oxygens (including phenoxy) is 1. The van der Waals surface area contributed by atoms with Crippen LogP contribution in [0.4, 0.5) is 10.6 Å². The number of imidazole rings is 1. The van der Waals surface area contributed by atoms with Crippen molar-refractivity contribution in [2.24, 2.45) is 0 Å². The Morgan fingerprint density at radius 3 is 2.76 bits per heavy atom. The van der Waals surface area contributed by atoms with Crippen LogP contribution in [0.3, 0.4) is 0 Å². The molecule has 2 fully saturated rings. The molecule has 41 heavy (non-hydrogen) atoms. The molecule has 1 aromatic carbocycles. The molecule has 3 amide bonds. The number of carbonyl (C=O) groups is 2. The standard InChI is InChI=1S/C29H37ClN8O3/c1-41-24-9-5-6-21(16-24)10-11-32-27(39)17-23-19-36(29(40)33-22-7-3-2-4-8-22)14-15-38(23)26-18-25(30)34-28(35-26)37-13-12-31-20-37/h5-6,9,12-13,16,18,20,22-23H,2-4,7-8,10-11,14-15,17,19H2,1H3,(H,32,39)(H,33,40). The summed E-state index contributed by atoms with van der Waals surface area (Å²) in [5.74, 6) is 1.70. The van der Waals surface area contributed by atoms with Crippen LogP contribution in [-0.2, 0) is 11.2 Å². The average Bonchev–Trinajstić information content (AvgIpc) is 3.53. The number of nitrogens with zero attached hydrogens (tertiary/aromatic N) is 6. The second kappa shape index (κ2) is 13.7. The summed E-state index contributed by atoms with van der Waals surface area (Å²) in [6, 6.07) is 9.37. The van der Waals surface area contributed by atoms with Crippen LogP contribution in [0, 0.1) is 0 Å². The molecule has 11 nitrogen and oxygen atoms in total. The fraction of sp³-hybridized carbons (Fsp3) is 0.483. The SMILES string of the molecule is COc1cccc(CCNC(=O)CC2CN(C(=O)NC3CCCCC3)CCN2c2cc(Cl)nc(-n3ccnc3)n2)c1. The lowest BCUT2D eigenvalue weighted by Crippen LogP contribution is -2.59. The third-order valence-corrected chi connectivity index (χ3v) is 7.89. The molecule has 5 rings (SSSR count). The van der Waals surface area contributed by atoms with Gasteiger partial charge in [-0.2, -0.15) is 4.98 Å². The average molecular weight is 581 g/mol. The van der Waals surface area contributed by atoms with Gasteiger partial charge in [0.05, 0.1) is 13.2 Å². The number of rotatable bonds is 9. The molecule has 2 N–H and O–H groups in total. The topological polar surface area (TPSA) is 118 Å². The number of nitrogens with one attached hydrogen (secondary N) is 2. The molecule has 2 aliphatic rings. The van der Waals surface area contributed by atoms with Crippen molar-refractivity contribution in [2.45, 2.75) is 57.0 Å². The minimum Gasteiger partial charge on any atom is -0.497 e. The smallest absolute Gasteiger partial charge is 0.317 e. The number of halogens is 1. The van der Waals surface area contributed by atoms with Crippen LogP contribution < -0.4 is 20.3 Å². The summed E-state index contributed by atoms with van der Waals surface area (Å²) < 4.78 is 6.98. The van der Waals surface area contributed by atoms with Crippen LogP contribution >= 0.6 is 11.6 Å². The lowest BCUT2D eigenvalue weighted by Gasteiger charge is -2.42. The van der Waals surface area contributed by atoms with E-state index >= 15 is 0 Å². The van der Waals surface area contributed by atoms with E-state index < -0.39 is 0 Å². The molecule has 1 atom stereocenters. The zero-order valence-electron chi connectivity index (χ0n) is 23.3. The van der Waals surface area contributed by atoms with E-state index in [1.54, 1.807) is 36.5 Å². The Hall–Kier alpha value is -3.86. The Kier molecular flexibility index (Phi) is 9.55. The second-order valence-corrected chi connectivity index (χ2v) is 10.9. The Morgan fingerprint density at radius 1 is 1.12 bits per heavy atom. The molecule has 1 aliphatic heterocycles. The van der Waals surface area contributed by atoms with E-state index in [2.05, 4.69) is 25.5 Å². The van der Waals surface area contributed by atoms with E-state index in [0.717, 1.165) is 37.0 Å². The summed E-state index contributed by atoms with van der Waals surface area (Å²) in [6.07, 6.45) is 11.4. The van der Waals surface area contributed by atoms with E-state index in [9.17, 15) is 9.59 Å². The van der Waals surface area contributed by atoms with Crippen LogP contribution in [-0.4, -0.2) is 81.7 Å². The van der Waals surface area contributed by atoms with Gasteiger partial charge in [-0.05, 0) is 37.0 Å². The van der Waals surface area contributed by atoms with Gasteiger partial charge in [0.2, 0.25) is 11.9 Å². The van der Waals surface area contributed by atoms with Gasteiger partial charge in [-0.3, -0.25) is 9.36 Å². The minimum absolute atomic E-state index is 0.0696. The summed E-state index contributed by atoms with van der Waals surface area (Å²) >= 11 is 6.40. The maximum absolute atomic E-state index is 13.2. The Labute approximate surface area is 245 Å². The summed E-state index contributed by atoms with van der Waals surface area (Å²) in [4.78, 5) is 43.4. The summed E-state index contributed by atoms with van der Waals surface area (Å²) in [6.45, 7) is 1.91. The number of carbonyl (C=O) groups excluding carboxylic acids is 2. The maximum Gasteiger partial charge on any atom is 0.317 e. The number of benzene rings is 1. The van der Waals surface area contributed by atoms with Crippen LogP contribution in [0.5, 0.6) is 5.75 Å². The summed E-state index contributed by atoms with van der Waals surface area (Å²) in [5.41, 5.74) is 1.08. The van der Waals surface area contributed by atoms with Crippen molar-refractivity contribution in [2.75, 3.05) is 38.2 Å². The number of urea groups is 1. The normalized spacial score (nSPS) is 17.8. The number of aromatic nitrogens is 4. The molecule has 2 aromatic heterocycles. The highest BCUT2D eigenvalue weighted by molar-refractivity contribution is 6.29. The maximum atomic E-state index is 13.2. The van der Waals surface area contributed by atoms with Crippen molar-refractivity contribution < 1.29 is 14.3 Å². The third kappa shape index (κ3) is 7.66. The van der Waals surface area contributed by atoms with Crippen molar-refractivity contribution in [1.82, 2.24) is 35.1 Å². The van der Waals surface area contributed by atoms with Crippen LogP contribution in [0.15, 0.2) is 49.1 Å². The van der Waals surface area contributed by atoms with E-state index in [1.807, 2.05) is 29.2 Å². The van der Waals surface area contributed by atoms with Crippen molar-refractivity contribution >= 4 is 29.4 Å². The molecule has 1 aliphatic carbocycles. The molecule has 1 unspecified atom stereocenters. The third-order valence-electron chi connectivity index (χ3n) is 7.69. The molecule has 3 heterocycles. The molecular weight excluding hydrogens is 544 g/mol. The van der Waals surface area contributed by atoms with Crippen molar-refractivity contribution in [3.63, 3.8) is 0 Å². The van der Waals surface area contributed by atoms with E-state index in [0.29, 0.717) is 44.4 Å². The number of methoxy groups -OCH3 is 1. The van der Waals surface area contributed by atoms with Gasteiger partial charge < -0.3 is 25.2 Å². The highest BCUT2D eigenvalue weighted by Crippen LogP contribution is 2.25. The van der Waals surface area contributed by atoms with E-state index in [4.69, 9.17) is 21.3 Å². The lowest BCUT2D eigenvalue weighted by molar-refractivity contribution is -0.121. The predicted molar refractivity (Wildman–Crippen MR) is 157 cm³/mol. The molecule has 0 radical (unpaired) electrons. The van der Waals surface area contributed by atoms with E-state index in [1.165, 1.54) is 6.42 Å². The quantitative estimate of drug-likeness (QED) is 0.371. The Balaban J connectivity index is 1.28. The zero-order valence-corrected chi connectivity index (χ0v) is 24.1. The number of piperazine rings is 1. The van der Waals surface area contributed by atoms with Crippen molar-refractivity contribution in [3.8, 4) is 11.7 Å². The number of amides is 3. The number of hydrogen-bond donors (Lipinski definition) is 2. The molecule has 0 spiro atoms. The van der Waals surface area contributed by atoms with Gasteiger partial charge in [0, 0.05) is 57.1 Å². The zero-order chi connectivity index (χ0) is 28.6. The highest BCUT2D eigenvalue weighted by Gasteiger charge is 2.33. The first-order chi connectivity index (χ1) is 20.0. The van der Waals surface area contributed by atoms with Gasteiger partial charge >= 0.3 is 6.03 Å². The Morgan fingerprint density at radius 2 is 1.98 bits per heavy atom.